The molecule has 3 aromatic heterocycles. The fourth-order valence-electron chi connectivity index (χ4n) is 3.94. The Hall–Kier alpha value is -4.55. The second-order valence-electron chi connectivity index (χ2n) is 8.53. The zero-order valence-corrected chi connectivity index (χ0v) is 20.3. The molecule has 0 saturated heterocycles. The monoisotopic (exact) mass is 526 g/mol. The number of fused-ring (bicyclic) bond motifs is 2. The lowest BCUT2D eigenvalue weighted by atomic mass is 10.2. The van der Waals surface area contributed by atoms with E-state index in [-0.39, 0.29) is 17.3 Å². The number of hydrogen-bond donors (Lipinski definition) is 1. The number of hydrogen-bond acceptors (Lipinski definition) is 8. The van der Waals surface area contributed by atoms with E-state index in [0.29, 0.717) is 22.7 Å². The van der Waals surface area contributed by atoms with E-state index in [4.69, 9.17) is 4.74 Å². The number of nitrogens with zero attached hydrogens (tertiary/aromatic N) is 7. The summed E-state index contributed by atoms with van der Waals surface area (Å²) < 4.78 is 59.9. The van der Waals surface area contributed by atoms with Crippen molar-refractivity contribution in [2.24, 2.45) is 7.05 Å². The minimum atomic E-state index is -2.84. The Morgan fingerprint density at radius 2 is 1.74 bits per heavy atom. The molecule has 5 aromatic rings. The standard InChI is InChI=1S/C25H22F4N8O/c1-14-7-15(3-6-20(14)38-16-4-5-19-17(8-16)33-13-36(19)2)34-24-23-18(31-12-32-24)9-30-25(35-23)37(10-21(26)27)11-22(28)29/h3-9,12-13,21-22H,10-11H2,1-2H3,(H,31,32,34). The summed E-state index contributed by atoms with van der Waals surface area (Å²) in [6, 6.07) is 11.1. The average Bonchev–Trinajstić information content (AvgIpc) is 3.24. The van der Waals surface area contributed by atoms with Gasteiger partial charge in [-0.1, -0.05) is 0 Å². The molecule has 0 radical (unpaired) electrons. The third-order valence-corrected chi connectivity index (χ3v) is 5.73. The molecule has 0 amide bonds. The van der Waals surface area contributed by atoms with Crippen LogP contribution in [0.3, 0.4) is 0 Å². The normalized spacial score (nSPS) is 11.6. The Morgan fingerprint density at radius 1 is 0.947 bits per heavy atom. The molecular weight excluding hydrogens is 504 g/mol. The van der Waals surface area contributed by atoms with Gasteiger partial charge in [0.2, 0.25) is 5.95 Å². The molecule has 5 rings (SSSR count). The zero-order valence-electron chi connectivity index (χ0n) is 20.3. The maximum atomic E-state index is 13.0. The quantitative estimate of drug-likeness (QED) is 0.252. The molecule has 13 heteroatoms. The Labute approximate surface area is 214 Å². The predicted molar refractivity (Wildman–Crippen MR) is 135 cm³/mol. The van der Waals surface area contributed by atoms with E-state index in [1.807, 2.05) is 42.8 Å². The molecule has 0 aliphatic carbocycles. The fourth-order valence-corrected chi connectivity index (χ4v) is 3.94. The van der Waals surface area contributed by atoms with Crippen molar-refractivity contribution in [3.63, 3.8) is 0 Å². The van der Waals surface area contributed by atoms with E-state index in [9.17, 15) is 17.6 Å². The van der Waals surface area contributed by atoms with Gasteiger partial charge in [0.1, 0.15) is 28.9 Å². The average molecular weight is 526 g/mol. The summed E-state index contributed by atoms with van der Waals surface area (Å²) in [6.07, 6.45) is -1.36. The first-order chi connectivity index (χ1) is 18.3. The molecule has 3 heterocycles. The molecule has 0 unspecified atom stereocenters. The Morgan fingerprint density at radius 3 is 2.47 bits per heavy atom. The van der Waals surface area contributed by atoms with Gasteiger partial charge in [0.25, 0.3) is 12.9 Å². The molecule has 1 N–H and O–H groups in total. The van der Waals surface area contributed by atoms with Gasteiger partial charge < -0.3 is 19.5 Å². The van der Waals surface area contributed by atoms with Crippen LogP contribution in [0.2, 0.25) is 0 Å². The van der Waals surface area contributed by atoms with E-state index in [0.717, 1.165) is 21.5 Å². The van der Waals surface area contributed by atoms with Crippen LogP contribution >= 0.6 is 0 Å². The van der Waals surface area contributed by atoms with Crippen LogP contribution in [0.15, 0.2) is 55.2 Å². The Bertz CT molecular complexity index is 1580. The van der Waals surface area contributed by atoms with E-state index in [1.54, 1.807) is 18.5 Å². The van der Waals surface area contributed by atoms with Gasteiger partial charge in [-0.05, 0) is 42.8 Å². The number of aromatic nitrogens is 6. The largest absolute Gasteiger partial charge is 0.457 e. The van der Waals surface area contributed by atoms with Crippen molar-refractivity contribution in [2.75, 3.05) is 23.3 Å². The van der Waals surface area contributed by atoms with Gasteiger partial charge >= 0.3 is 0 Å². The number of anilines is 3. The van der Waals surface area contributed by atoms with Crippen LogP contribution in [0.5, 0.6) is 11.5 Å². The summed E-state index contributed by atoms with van der Waals surface area (Å²) in [5.41, 5.74) is 3.80. The maximum absolute atomic E-state index is 13.0. The molecule has 0 spiro atoms. The number of nitrogens with one attached hydrogen (secondary N) is 1. The highest BCUT2D eigenvalue weighted by Crippen LogP contribution is 2.31. The topological polar surface area (TPSA) is 93.9 Å². The first kappa shape index (κ1) is 25.1. The van der Waals surface area contributed by atoms with Crippen LogP contribution in [0.25, 0.3) is 22.1 Å². The second-order valence-corrected chi connectivity index (χ2v) is 8.53. The van der Waals surface area contributed by atoms with E-state index < -0.39 is 25.9 Å². The molecule has 2 aromatic carbocycles. The van der Waals surface area contributed by atoms with Crippen LogP contribution in [-0.2, 0) is 7.05 Å². The summed E-state index contributed by atoms with van der Waals surface area (Å²) in [5.74, 6) is 1.28. The van der Waals surface area contributed by atoms with Gasteiger partial charge in [-0.15, -0.1) is 0 Å². The lowest BCUT2D eigenvalue weighted by molar-refractivity contribution is 0.130. The van der Waals surface area contributed by atoms with Crippen molar-refractivity contribution < 1.29 is 22.3 Å². The van der Waals surface area contributed by atoms with Crippen molar-refractivity contribution >= 4 is 39.5 Å². The van der Waals surface area contributed by atoms with Crippen molar-refractivity contribution in [1.29, 1.82) is 0 Å². The lowest BCUT2D eigenvalue weighted by Crippen LogP contribution is -2.34. The van der Waals surface area contributed by atoms with Crippen LogP contribution in [0, 0.1) is 6.92 Å². The summed E-state index contributed by atoms with van der Waals surface area (Å²) in [7, 11) is 1.92. The third-order valence-electron chi connectivity index (χ3n) is 5.73. The number of alkyl halides is 4. The Kier molecular flexibility index (Phi) is 6.90. The van der Waals surface area contributed by atoms with E-state index in [2.05, 4.69) is 30.2 Å². The summed E-state index contributed by atoms with van der Waals surface area (Å²) >= 11 is 0. The minimum Gasteiger partial charge on any atom is -0.457 e. The van der Waals surface area contributed by atoms with Crippen LogP contribution in [-0.4, -0.2) is 55.4 Å². The number of rotatable bonds is 9. The SMILES string of the molecule is Cc1cc(Nc2ncnc3cnc(N(CC(F)F)CC(F)F)nc23)ccc1Oc1ccc2c(c1)ncn2C. The molecule has 0 bridgehead atoms. The highest BCUT2D eigenvalue weighted by Gasteiger charge is 2.21. The minimum absolute atomic E-state index is 0.202. The number of benzene rings is 2. The molecular formula is C25H22F4N8O. The maximum Gasteiger partial charge on any atom is 0.255 e. The van der Waals surface area contributed by atoms with Crippen molar-refractivity contribution in [3.8, 4) is 11.5 Å². The highest BCUT2D eigenvalue weighted by atomic mass is 19.3. The molecule has 0 fully saturated rings. The number of aryl methyl sites for hydroxylation is 2. The van der Waals surface area contributed by atoms with Crippen LogP contribution in [0.4, 0.5) is 35.0 Å². The number of halogens is 4. The van der Waals surface area contributed by atoms with Crippen LogP contribution < -0.4 is 15.0 Å². The number of ether oxygens (including phenoxy) is 1. The second kappa shape index (κ2) is 10.4. The summed E-state index contributed by atoms with van der Waals surface area (Å²) in [6.45, 7) is 0.0190. The van der Waals surface area contributed by atoms with Gasteiger partial charge in [0.15, 0.2) is 5.82 Å². The number of imidazole rings is 1. The first-order valence-corrected chi connectivity index (χ1v) is 11.5. The summed E-state index contributed by atoms with van der Waals surface area (Å²) in [5, 5.41) is 3.13. The van der Waals surface area contributed by atoms with Crippen LogP contribution in [0.1, 0.15) is 5.56 Å². The van der Waals surface area contributed by atoms with Gasteiger partial charge in [-0.3, -0.25) is 0 Å². The first-order valence-electron chi connectivity index (χ1n) is 11.5. The molecule has 9 nitrogen and oxygen atoms in total. The van der Waals surface area contributed by atoms with Gasteiger partial charge in [0, 0.05) is 18.8 Å². The van der Waals surface area contributed by atoms with E-state index in [1.165, 1.54) is 12.5 Å². The molecule has 0 aliphatic rings. The van der Waals surface area contributed by atoms with Crippen molar-refractivity contribution in [3.05, 3.63) is 60.8 Å². The lowest BCUT2D eigenvalue weighted by Gasteiger charge is -2.22. The molecule has 0 atom stereocenters. The Balaban J connectivity index is 1.39. The van der Waals surface area contributed by atoms with Crippen molar-refractivity contribution in [2.45, 2.75) is 19.8 Å². The predicted octanol–water partition coefficient (Wildman–Crippen LogP) is 5.49. The molecule has 38 heavy (non-hydrogen) atoms. The third kappa shape index (κ3) is 5.41. The van der Waals surface area contributed by atoms with Gasteiger partial charge in [-0.2, -0.15) is 0 Å². The molecule has 0 saturated carbocycles. The van der Waals surface area contributed by atoms with Gasteiger partial charge in [0.05, 0.1) is 36.6 Å². The van der Waals surface area contributed by atoms with Gasteiger partial charge in [-0.25, -0.2) is 42.5 Å². The fraction of sp³-hybridized carbons (Fsp3) is 0.240. The van der Waals surface area contributed by atoms with Crippen molar-refractivity contribution in [1.82, 2.24) is 29.5 Å². The highest BCUT2D eigenvalue weighted by molar-refractivity contribution is 5.87. The zero-order chi connectivity index (χ0) is 26.8. The molecule has 196 valence electrons. The van der Waals surface area contributed by atoms with E-state index >= 15 is 0 Å². The smallest absolute Gasteiger partial charge is 0.255 e. The molecule has 0 aliphatic heterocycles. The summed E-state index contributed by atoms with van der Waals surface area (Å²) in [4.78, 5) is 21.6.